The summed E-state index contributed by atoms with van der Waals surface area (Å²) in [5.74, 6) is 0. The van der Waals surface area contributed by atoms with Gasteiger partial charge in [-0.05, 0) is 32.0 Å². The summed E-state index contributed by atoms with van der Waals surface area (Å²) in [6, 6.07) is 4.91. The van der Waals surface area contributed by atoms with E-state index in [1.807, 2.05) is 0 Å². The van der Waals surface area contributed by atoms with E-state index in [0.717, 1.165) is 10.2 Å². The van der Waals surface area contributed by atoms with E-state index in [0.29, 0.717) is 10.0 Å². The Bertz CT molecular complexity index is 629. The molecule has 0 radical (unpaired) electrons. The van der Waals surface area contributed by atoms with Crippen molar-refractivity contribution in [2.45, 2.75) is 24.0 Å². The predicted molar refractivity (Wildman–Crippen MR) is 66.4 cm³/mol. The maximum atomic E-state index is 11.9. The SMILES string of the molecule is CC(C)S(=O)(=O)c1ccc2nc(N)sc2c1. The highest BCUT2D eigenvalue weighted by Crippen LogP contribution is 2.27. The predicted octanol–water partition coefficient (Wildman–Crippen LogP) is 2.06. The van der Waals surface area contributed by atoms with Crippen LogP contribution in [-0.4, -0.2) is 18.7 Å². The van der Waals surface area contributed by atoms with Crippen molar-refractivity contribution < 1.29 is 8.42 Å². The fourth-order valence-electron chi connectivity index (χ4n) is 1.37. The standard InChI is InChI=1S/C10H12N2O2S2/c1-6(2)16(13,14)7-3-4-8-9(5-7)15-10(11)12-8/h3-6H,1-2H3,(H2,11,12). The van der Waals surface area contributed by atoms with Gasteiger partial charge in [0.2, 0.25) is 0 Å². The summed E-state index contributed by atoms with van der Waals surface area (Å²) in [6.45, 7) is 3.33. The minimum Gasteiger partial charge on any atom is -0.375 e. The molecule has 0 bridgehead atoms. The van der Waals surface area contributed by atoms with Crippen molar-refractivity contribution in [1.29, 1.82) is 0 Å². The van der Waals surface area contributed by atoms with Gasteiger partial charge in [0.25, 0.3) is 0 Å². The largest absolute Gasteiger partial charge is 0.375 e. The minimum absolute atomic E-state index is 0.332. The van der Waals surface area contributed by atoms with E-state index in [2.05, 4.69) is 4.98 Å². The minimum atomic E-state index is -3.22. The first-order valence-corrected chi connectivity index (χ1v) is 7.17. The maximum Gasteiger partial charge on any atom is 0.181 e. The third-order valence-corrected chi connectivity index (χ3v) is 5.33. The molecule has 2 rings (SSSR count). The van der Waals surface area contributed by atoms with E-state index in [9.17, 15) is 8.42 Å². The Morgan fingerprint density at radius 3 is 2.69 bits per heavy atom. The molecule has 0 unspecified atom stereocenters. The summed E-state index contributed by atoms with van der Waals surface area (Å²) in [5, 5.41) is 0.0318. The Kier molecular flexibility index (Phi) is 2.63. The van der Waals surface area contributed by atoms with Crippen LogP contribution in [0.25, 0.3) is 10.2 Å². The van der Waals surface area contributed by atoms with Crippen LogP contribution in [0.3, 0.4) is 0 Å². The third kappa shape index (κ3) is 1.78. The molecule has 0 amide bonds. The average Bonchev–Trinajstić information content (AvgIpc) is 2.56. The fraction of sp³-hybridized carbons (Fsp3) is 0.300. The van der Waals surface area contributed by atoms with E-state index in [-0.39, 0.29) is 0 Å². The van der Waals surface area contributed by atoms with E-state index in [4.69, 9.17) is 5.73 Å². The second-order valence-electron chi connectivity index (χ2n) is 3.78. The van der Waals surface area contributed by atoms with Crippen molar-refractivity contribution in [3.63, 3.8) is 0 Å². The molecule has 1 heterocycles. The number of nitrogen functional groups attached to an aromatic ring is 1. The van der Waals surface area contributed by atoms with Crippen LogP contribution in [0, 0.1) is 0 Å². The summed E-state index contributed by atoms with van der Waals surface area (Å²) >= 11 is 1.30. The molecule has 2 aromatic rings. The summed E-state index contributed by atoms with van der Waals surface area (Å²) in [7, 11) is -3.22. The molecule has 16 heavy (non-hydrogen) atoms. The zero-order valence-corrected chi connectivity index (χ0v) is 10.6. The lowest BCUT2D eigenvalue weighted by atomic mass is 10.3. The van der Waals surface area contributed by atoms with Crippen LogP contribution in [0.4, 0.5) is 5.13 Å². The Morgan fingerprint density at radius 2 is 2.06 bits per heavy atom. The molecule has 4 nitrogen and oxygen atoms in total. The monoisotopic (exact) mass is 256 g/mol. The van der Waals surface area contributed by atoms with Crippen molar-refractivity contribution in [3.8, 4) is 0 Å². The number of nitrogens with two attached hydrogens (primary N) is 1. The van der Waals surface area contributed by atoms with Gasteiger partial charge in [-0.2, -0.15) is 0 Å². The summed E-state index contributed by atoms with van der Waals surface area (Å²) in [6.07, 6.45) is 0. The lowest BCUT2D eigenvalue weighted by Crippen LogP contribution is -2.13. The number of aromatic nitrogens is 1. The van der Waals surface area contributed by atoms with Gasteiger partial charge < -0.3 is 5.73 Å². The molecular formula is C10H12N2O2S2. The molecule has 6 heteroatoms. The van der Waals surface area contributed by atoms with Crippen molar-refractivity contribution >= 4 is 36.5 Å². The van der Waals surface area contributed by atoms with Gasteiger partial charge in [-0.15, -0.1) is 0 Å². The number of hydrogen-bond donors (Lipinski definition) is 1. The number of rotatable bonds is 2. The summed E-state index contributed by atoms with van der Waals surface area (Å²) < 4.78 is 24.7. The van der Waals surface area contributed by atoms with Crippen LogP contribution in [0.5, 0.6) is 0 Å². The molecule has 2 N–H and O–H groups in total. The van der Waals surface area contributed by atoms with Gasteiger partial charge in [-0.1, -0.05) is 11.3 Å². The van der Waals surface area contributed by atoms with Crippen LogP contribution in [0.2, 0.25) is 0 Å². The van der Waals surface area contributed by atoms with E-state index < -0.39 is 15.1 Å². The first-order valence-electron chi connectivity index (χ1n) is 4.81. The zero-order valence-electron chi connectivity index (χ0n) is 8.97. The van der Waals surface area contributed by atoms with Gasteiger partial charge in [0.15, 0.2) is 15.0 Å². The molecule has 0 aliphatic rings. The van der Waals surface area contributed by atoms with Gasteiger partial charge in [-0.3, -0.25) is 0 Å². The topological polar surface area (TPSA) is 73.0 Å². The van der Waals surface area contributed by atoms with Crippen LogP contribution < -0.4 is 5.73 Å². The molecule has 1 aromatic carbocycles. The van der Waals surface area contributed by atoms with Gasteiger partial charge in [0, 0.05) is 0 Å². The number of fused-ring (bicyclic) bond motifs is 1. The molecule has 0 aliphatic carbocycles. The molecule has 0 aliphatic heterocycles. The third-order valence-electron chi connectivity index (χ3n) is 2.33. The molecule has 0 spiro atoms. The van der Waals surface area contributed by atoms with Crippen LogP contribution >= 0.6 is 11.3 Å². The van der Waals surface area contributed by atoms with Gasteiger partial charge in [0.1, 0.15) is 0 Å². The Hall–Kier alpha value is -1.14. The van der Waals surface area contributed by atoms with E-state index >= 15 is 0 Å². The number of thiazole rings is 1. The van der Waals surface area contributed by atoms with Gasteiger partial charge in [-0.25, -0.2) is 13.4 Å². The quantitative estimate of drug-likeness (QED) is 0.892. The molecule has 0 atom stereocenters. The van der Waals surface area contributed by atoms with Crippen LogP contribution in [0.15, 0.2) is 23.1 Å². The number of sulfone groups is 1. The molecule has 0 saturated heterocycles. The Labute approximate surface area is 98.0 Å². The molecular weight excluding hydrogens is 244 g/mol. The lowest BCUT2D eigenvalue weighted by Gasteiger charge is -2.06. The number of nitrogens with zero attached hydrogens (tertiary/aromatic N) is 1. The maximum absolute atomic E-state index is 11.9. The first-order chi connectivity index (χ1) is 7.41. The van der Waals surface area contributed by atoms with Crippen molar-refractivity contribution in [2.75, 3.05) is 5.73 Å². The Morgan fingerprint density at radius 1 is 1.38 bits per heavy atom. The molecule has 0 fully saturated rings. The highest BCUT2D eigenvalue weighted by atomic mass is 32.2. The summed E-state index contributed by atoms with van der Waals surface area (Å²) in [4.78, 5) is 4.41. The van der Waals surface area contributed by atoms with Crippen molar-refractivity contribution in [2.24, 2.45) is 0 Å². The van der Waals surface area contributed by atoms with E-state index in [1.54, 1.807) is 32.0 Å². The Balaban J connectivity index is 2.63. The number of benzene rings is 1. The number of hydrogen-bond acceptors (Lipinski definition) is 5. The first kappa shape index (κ1) is 11.3. The molecule has 1 aromatic heterocycles. The average molecular weight is 256 g/mol. The smallest absolute Gasteiger partial charge is 0.181 e. The second kappa shape index (κ2) is 3.71. The molecule has 0 saturated carbocycles. The van der Waals surface area contributed by atoms with Crippen LogP contribution in [0.1, 0.15) is 13.8 Å². The van der Waals surface area contributed by atoms with Crippen molar-refractivity contribution in [1.82, 2.24) is 4.98 Å². The molecule has 86 valence electrons. The lowest BCUT2D eigenvalue weighted by molar-refractivity contribution is 0.587. The fourth-order valence-corrected chi connectivity index (χ4v) is 3.30. The van der Waals surface area contributed by atoms with Gasteiger partial charge in [0.05, 0.1) is 20.4 Å². The van der Waals surface area contributed by atoms with Crippen LogP contribution in [-0.2, 0) is 9.84 Å². The van der Waals surface area contributed by atoms with Crippen molar-refractivity contribution in [3.05, 3.63) is 18.2 Å². The highest BCUT2D eigenvalue weighted by molar-refractivity contribution is 7.92. The van der Waals surface area contributed by atoms with Gasteiger partial charge >= 0.3 is 0 Å². The normalized spacial score (nSPS) is 12.4. The highest BCUT2D eigenvalue weighted by Gasteiger charge is 2.19. The summed E-state index contributed by atoms with van der Waals surface area (Å²) in [5.41, 5.74) is 6.31. The zero-order chi connectivity index (χ0) is 11.9. The van der Waals surface area contributed by atoms with E-state index in [1.165, 1.54) is 11.3 Å². The number of anilines is 1. The second-order valence-corrected chi connectivity index (χ2v) is 7.34.